The summed E-state index contributed by atoms with van der Waals surface area (Å²) in [5.74, 6) is -1.73. The lowest BCUT2D eigenvalue weighted by atomic mass is 9.75. The van der Waals surface area contributed by atoms with Crippen LogP contribution in [0.2, 0.25) is 0 Å². The van der Waals surface area contributed by atoms with Gasteiger partial charge in [0.25, 0.3) is 5.69 Å². The van der Waals surface area contributed by atoms with E-state index in [4.69, 9.17) is 9.47 Å². The summed E-state index contributed by atoms with van der Waals surface area (Å²) in [5.41, 5.74) is -2.57. The number of fused-ring (bicyclic) bond motifs is 1. The number of non-ortho nitro benzene ring substituents is 1. The topological polar surface area (TPSA) is 91.0 Å². The highest BCUT2D eigenvalue weighted by molar-refractivity contribution is 8.14. The molecule has 2 heterocycles. The zero-order chi connectivity index (χ0) is 21.4. The molecule has 29 heavy (non-hydrogen) atoms. The van der Waals surface area contributed by atoms with E-state index in [1.165, 1.54) is 11.8 Å². The molecule has 7 nitrogen and oxygen atoms in total. The maximum atomic E-state index is 14.8. The summed E-state index contributed by atoms with van der Waals surface area (Å²) in [4.78, 5) is 27.3. The second kappa shape index (κ2) is 7.98. The van der Waals surface area contributed by atoms with Gasteiger partial charge >= 0.3 is 5.97 Å². The van der Waals surface area contributed by atoms with Crippen LogP contribution >= 0.6 is 11.8 Å². The molecule has 0 radical (unpaired) electrons. The lowest BCUT2D eigenvalue weighted by molar-refractivity contribution is -0.385. The van der Waals surface area contributed by atoms with E-state index in [2.05, 4.69) is 4.99 Å². The fourth-order valence-electron chi connectivity index (χ4n) is 3.54. The van der Waals surface area contributed by atoms with Crippen molar-refractivity contribution >= 4 is 28.5 Å². The summed E-state index contributed by atoms with van der Waals surface area (Å²) in [7, 11) is 0. The van der Waals surface area contributed by atoms with Gasteiger partial charge < -0.3 is 9.47 Å². The first-order valence-corrected chi connectivity index (χ1v) is 10.1. The molecule has 2 aliphatic rings. The Morgan fingerprint density at radius 2 is 2.21 bits per heavy atom. The summed E-state index contributed by atoms with van der Waals surface area (Å²) < 4.78 is 40.1. The third kappa shape index (κ3) is 4.58. The number of nitro groups is 1. The Kier molecular flexibility index (Phi) is 5.96. The molecule has 1 aromatic carbocycles. The lowest BCUT2D eigenvalue weighted by Crippen LogP contribution is -2.52. The minimum atomic E-state index is -1.48. The Morgan fingerprint density at radius 1 is 1.48 bits per heavy atom. The van der Waals surface area contributed by atoms with Crippen molar-refractivity contribution in [3.8, 4) is 0 Å². The minimum absolute atomic E-state index is 0.0963. The van der Waals surface area contributed by atoms with E-state index in [9.17, 15) is 23.7 Å². The van der Waals surface area contributed by atoms with E-state index in [1.807, 2.05) is 0 Å². The molecule has 1 saturated heterocycles. The van der Waals surface area contributed by atoms with Crippen molar-refractivity contribution in [2.45, 2.75) is 44.5 Å². The van der Waals surface area contributed by atoms with Crippen LogP contribution in [0.3, 0.4) is 0 Å². The molecule has 3 atom stereocenters. The number of hydrogen-bond acceptors (Lipinski definition) is 7. The van der Waals surface area contributed by atoms with E-state index in [-0.39, 0.29) is 36.6 Å². The van der Waals surface area contributed by atoms with Gasteiger partial charge in [-0.1, -0.05) is 0 Å². The van der Waals surface area contributed by atoms with Crippen molar-refractivity contribution in [3.05, 3.63) is 39.7 Å². The molecule has 0 bridgehead atoms. The number of alkyl halides is 1. The third-order valence-corrected chi connectivity index (χ3v) is 5.84. The van der Waals surface area contributed by atoms with Crippen LogP contribution in [0.15, 0.2) is 23.2 Å². The quantitative estimate of drug-likeness (QED) is 0.412. The average Bonchev–Trinajstić information content (AvgIpc) is 2.60. The van der Waals surface area contributed by atoms with Crippen LogP contribution in [0.4, 0.5) is 14.5 Å². The monoisotopic (exact) mass is 428 g/mol. The number of halogens is 2. The predicted molar refractivity (Wildman–Crippen MR) is 104 cm³/mol. The number of hydrogen-bond donors (Lipinski definition) is 0. The van der Waals surface area contributed by atoms with Crippen molar-refractivity contribution < 1.29 is 28.0 Å². The first-order chi connectivity index (χ1) is 13.5. The number of nitrogens with zero attached hydrogens (tertiary/aromatic N) is 2. The Labute approximate surface area is 171 Å². The zero-order valence-electron chi connectivity index (χ0n) is 16.3. The summed E-state index contributed by atoms with van der Waals surface area (Å²) in [5, 5.41) is 11.5. The maximum Gasteiger partial charge on any atom is 0.312 e. The van der Waals surface area contributed by atoms with E-state index in [0.717, 1.165) is 18.2 Å². The number of carbonyl (C=O) groups is 1. The smallest absolute Gasteiger partial charge is 0.312 e. The van der Waals surface area contributed by atoms with Crippen molar-refractivity contribution in [2.24, 2.45) is 10.9 Å². The van der Waals surface area contributed by atoms with Crippen LogP contribution in [0.5, 0.6) is 0 Å². The van der Waals surface area contributed by atoms with Crippen LogP contribution in [0, 0.1) is 21.8 Å². The highest BCUT2D eigenvalue weighted by atomic mass is 32.2. The van der Waals surface area contributed by atoms with Crippen molar-refractivity contribution in [1.82, 2.24) is 0 Å². The summed E-state index contributed by atoms with van der Waals surface area (Å²) in [6.45, 7) is 4.92. The maximum absolute atomic E-state index is 14.8. The Morgan fingerprint density at radius 3 is 2.86 bits per heavy atom. The van der Waals surface area contributed by atoms with Crippen molar-refractivity contribution in [2.75, 3.05) is 19.0 Å². The van der Waals surface area contributed by atoms with E-state index in [0.29, 0.717) is 5.04 Å². The van der Waals surface area contributed by atoms with Crippen LogP contribution in [-0.4, -0.2) is 46.7 Å². The van der Waals surface area contributed by atoms with Crippen LogP contribution < -0.4 is 0 Å². The van der Waals surface area contributed by atoms with Gasteiger partial charge in [0.15, 0.2) is 0 Å². The molecule has 0 N–H and O–H groups in total. The highest BCUT2D eigenvalue weighted by Gasteiger charge is 2.52. The van der Waals surface area contributed by atoms with Gasteiger partial charge in [-0.3, -0.25) is 19.9 Å². The van der Waals surface area contributed by atoms with E-state index in [1.54, 1.807) is 20.8 Å². The van der Waals surface area contributed by atoms with Gasteiger partial charge in [0, 0.05) is 29.4 Å². The fraction of sp³-hybridized carbons (Fsp3) is 0.579. The van der Waals surface area contributed by atoms with Crippen molar-refractivity contribution in [1.29, 1.82) is 0 Å². The first-order valence-electron chi connectivity index (χ1n) is 9.11. The Bertz CT molecular complexity index is 857. The molecule has 2 aliphatic heterocycles. The zero-order valence-corrected chi connectivity index (χ0v) is 17.1. The van der Waals surface area contributed by atoms with Gasteiger partial charge in [0.05, 0.1) is 29.6 Å². The molecular weight excluding hydrogens is 406 g/mol. The molecule has 0 spiro atoms. The molecule has 0 unspecified atom stereocenters. The average molecular weight is 428 g/mol. The van der Waals surface area contributed by atoms with Crippen LogP contribution in [-0.2, 0) is 19.8 Å². The summed E-state index contributed by atoms with van der Waals surface area (Å²) >= 11 is 1.21. The standard InChI is InChI=1S/C19H22F2N2O5S/c1-18(2,3)28-17(24)7-16-22-19(10-27-8-15(21)13(19)9-29-16)12-6-11(23(25)26)4-5-14(12)20/h4-6,13,15H,7-10H2,1-3H3/t13-,15-,19-/m1/s1. The molecule has 1 fully saturated rings. The summed E-state index contributed by atoms with van der Waals surface area (Å²) in [6.07, 6.45) is -1.56. The van der Waals surface area contributed by atoms with Gasteiger partial charge in [-0.25, -0.2) is 8.78 Å². The second-order valence-electron chi connectivity index (χ2n) is 8.06. The molecule has 3 rings (SSSR count). The molecule has 158 valence electrons. The highest BCUT2D eigenvalue weighted by Crippen LogP contribution is 2.47. The van der Waals surface area contributed by atoms with E-state index < -0.39 is 39.9 Å². The van der Waals surface area contributed by atoms with Crippen molar-refractivity contribution in [3.63, 3.8) is 0 Å². The Balaban J connectivity index is 2.04. The molecule has 10 heteroatoms. The number of benzene rings is 1. The molecular formula is C19H22F2N2O5S. The SMILES string of the molecule is CC(C)(C)OC(=O)CC1=N[C@@]2(c3cc([N+](=O)[O-])ccc3F)COC[C@@H](F)[C@H]2CS1. The van der Waals surface area contributed by atoms with Crippen LogP contribution in [0.25, 0.3) is 0 Å². The van der Waals surface area contributed by atoms with E-state index >= 15 is 0 Å². The number of carbonyl (C=O) groups excluding carboxylic acids is 1. The van der Waals surface area contributed by atoms with Gasteiger partial charge in [-0.2, -0.15) is 0 Å². The number of ether oxygens (including phenoxy) is 2. The van der Waals surface area contributed by atoms with Gasteiger partial charge in [0.2, 0.25) is 0 Å². The fourth-order valence-corrected chi connectivity index (χ4v) is 4.84. The Hall–Kier alpha value is -2.07. The first kappa shape index (κ1) is 21.6. The molecule has 0 amide bonds. The normalized spacial score (nSPS) is 27.0. The van der Waals surface area contributed by atoms with Gasteiger partial charge in [-0.15, -0.1) is 11.8 Å². The second-order valence-corrected chi connectivity index (χ2v) is 9.16. The molecule has 0 aliphatic carbocycles. The van der Waals surface area contributed by atoms with Gasteiger partial charge in [-0.05, 0) is 26.8 Å². The number of esters is 1. The molecule has 0 saturated carbocycles. The largest absolute Gasteiger partial charge is 0.460 e. The minimum Gasteiger partial charge on any atom is -0.460 e. The number of nitro benzene ring substituents is 1. The third-order valence-electron chi connectivity index (χ3n) is 4.75. The molecule has 1 aromatic rings. The van der Waals surface area contributed by atoms with Crippen LogP contribution in [0.1, 0.15) is 32.8 Å². The lowest BCUT2D eigenvalue weighted by Gasteiger charge is -2.45. The number of rotatable bonds is 4. The van der Waals surface area contributed by atoms with Gasteiger partial charge in [0.1, 0.15) is 23.1 Å². The molecule has 0 aromatic heterocycles. The predicted octanol–water partition coefficient (Wildman–Crippen LogP) is 3.79. The number of aliphatic imine (C=N–C) groups is 1. The number of thioether (sulfide) groups is 1. The summed E-state index contributed by atoms with van der Waals surface area (Å²) in [6, 6.07) is 3.10.